The molecule has 10 nitrogen and oxygen atoms in total. The number of hydrogen-bond donors (Lipinski definition) is 1. The van der Waals surface area contributed by atoms with Crippen LogP contribution < -0.4 is 5.32 Å². The molecule has 9 heterocycles. The Hall–Kier alpha value is -6.86. The number of aromatic nitrogens is 4. The van der Waals surface area contributed by atoms with E-state index in [0.29, 0.717) is 6.61 Å². The molecule has 0 atom stereocenters. The fourth-order valence-corrected chi connectivity index (χ4v) is 13.6. The molecule has 0 fully saturated rings. The molecule has 12 heteroatoms. The van der Waals surface area contributed by atoms with Gasteiger partial charge in [0.25, 0.3) is 0 Å². The summed E-state index contributed by atoms with van der Waals surface area (Å²) in [5.74, 6) is 5.13. The first-order valence-electron chi connectivity index (χ1n) is 29.6. The Morgan fingerprint density at radius 1 is 0.458 bits per heavy atom. The van der Waals surface area contributed by atoms with Gasteiger partial charge in [-0.2, -0.15) is 0 Å². The van der Waals surface area contributed by atoms with Crippen molar-refractivity contribution in [2.24, 2.45) is 0 Å². The summed E-state index contributed by atoms with van der Waals surface area (Å²) in [6.45, 7) is 31.4. The molecule has 0 aromatic carbocycles. The molecule has 7 aromatic rings. The number of fused-ring (bicyclic) bond motifs is 7. The van der Waals surface area contributed by atoms with E-state index in [2.05, 4.69) is 152 Å². The summed E-state index contributed by atoms with van der Waals surface area (Å²) in [6.07, 6.45) is 27.9. The standard InChI is InChI=1S/C11H12N2.C11H14O.C11H14S.C10H13NO.C10H12O2.C9H11NO.C9H11NS/c1-8(2)9-5-7-13-11-10(9)4-3-6-12-11;2*1-8(2)10-5-3-4-9-6-7-12-11(9)10;1-7(2)8-4-3-5-9-10(8)11-6-12-9;1-7(2)9-5-11-6-10-8(9)3-4-12-10;2*1-6(2)7-3-4-8-9(7)11-5-10-8/h3-7H,1-2H3,(H,12,13);2*6-7H,3-5H2,1-2H3;6H,3-5H2,1-2H3;3-4H,5-6H2,1-2H3;2*5H,3-4H2,1-2H3. The molecule has 0 bridgehead atoms. The first kappa shape index (κ1) is 62.2. The minimum atomic E-state index is 0.610. The van der Waals surface area contributed by atoms with Crippen LogP contribution in [0, 0.1) is 0 Å². The number of aryl methyl sites for hydroxylation is 5. The monoisotopic (exact) mass is 1150 g/mol. The largest absolute Gasteiger partial charge is 0.466 e. The molecule has 83 heavy (non-hydrogen) atoms. The second kappa shape index (κ2) is 29.6. The third-order valence-corrected chi connectivity index (χ3v) is 17.8. The van der Waals surface area contributed by atoms with E-state index in [4.69, 9.17) is 22.4 Å². The minimum Gasteiger partial charge on any atom is -0.466 e. The van der Waals surface area contributed by atoms with Gasteiger partial charge in [0.05, 0.1) is 40.9 Å². The van der Waals surface area contributed by atoms with E-state index < -0.39 is 0 Å². The Morgan fingerprint density at radius 2 is 1.10 bits per heavy atom. The lowest BCUT2D eigenvalue weighted by atomic mass is 9.91. The molecule has 14 rings (SSSR count). The van der Waals surface area contributed by atoms with Crippen LogP contribution >= 0.6 is 22.7 Å². The minimum absolute atomic E-state index is 0.610. The highest BCUT2D eigenvalue weighted by atomic mass is 32.1. The Bertz CT molecular complexity index is 3260. The van der Waals surface area contributed by atoms with Gasteiger partial charge in [-0.1, -0.05) is 39.0 Å². The molecule has 7 aromatic heterocycles. The fourth-order valence-electron chi connectivity index (χ4n) is 11.4. The van der Waals surface area contributed by atoms with Gasteiger partial charge in [-0.3, -0.25) is 0 Å². The first-order chi connectivity index (χ1) is 40.0. The molecular weight excluding hydrogens is 1070 g/mol. The number of oxazole rings is 2. The van der Waals surface area contributed by atoms with Crippen molar-refractivity contribution in [3.05, 3.63) is 196 Å². The number of rotatable bonds is 0. The van der Waals surface area contributed by atoms with Crippen LogP contribution in [0.3, 0.4) is 0 Å². The van der Waals surface area contributed by atoms with E-state index in [0.717, 1.165) is 79.0 Å². The summed E-state index contributed by atoms with van der Waals surface area (Å²) in [6, 6.07) is 10.4. The number of furan rings is 2. The average Bonchev–Trinajstić information content (AvgIpc) is 4.51. The second-order valence-corrected chi connectivity index (χ2v) is 25.2. The lowest BCUT2D eigenvalue weighted by Crippen LogP contribution is -2.07. The smallest absolute Gasteiger partial charge is 0.181 e. The molecule has 2 aliphatic heterocycles. The molecule has 0 radical (unpaired) electrons. The van der Waals surface area contributed by atoms with Crippen molar-refractivity contribution in [1.82, 2.24) is 19.9 Å². The summed E-state index contributed by atoms with van der Waals surface area (Å²) >= 11 is 3.68. The Kier molecular flexibility index (Phi) is 22.2. The summed E-state index contributed by atoms with van der Waals surface area (Å²) in [5, 5.41) is 5.34. The van der Waals surface area contributed by atoms with Crippen molar-refractivity contribution >= 4 is 67.5 Å². The number of nitrogens with zero attached hydrogens (tertiary/aromatic N) is 4. The van der Waals surface area contributed by atoms with E-state index in [1.165, 1.54) is 157 Å². The van der Waals surface area contributed by atoms with Crippen molar-refractivity contribution in [2.75, 3.05) is 11.9 Å². The van der Waals surface area contributed by atoms with Gasteiger partial charge in [0.15, 0.2) is 18.5 Å². The van der Waals surface area contributed by atoms with Gasteiger partial charge >= 0.3 is 0 Å². The molecule has 5 aliphatic carbocycles. The van der Waals surface area contributed by atoms with Gasteiger partial charge in [0.1, 0.15) is 35.4 Å². The maximum Gasteiger partial charge on any atom is 0.181 e. The Morgan fingerprint density at radius 3 is 1.83 bits per heavy atom. The predicted octanol–water partition coefficient (Wildman–Crippen LogP) is 20.8. The predicted molar refractivity (Wildman–Crippen MR) is 347 cm³/mol. The van der Waals surface area contributed by atoms with Crippen LogP contribution in [0.5, 0.6) is 0 Å². The second-order valence-electron chi connectivity index (χ2n) is 23.4. The summed E-state index contributed by atoms with van der Waals surface area (Å²) < 4.78 is 26.7. The zero-order valence-electron chi connectivity index (χ0n) is 51.8. The van der Waals surface area contributed by atoms with Gasteiger partial charge in [0, 0.05) is 34.8 Å². The average molecular weight is 1150 g/mol. The van der Waals surface area contributed by atoms with Crippen LogP contribution in [-0.4, -0.2) is 26.5 Å². The molecule has 0 amide bonds. The maximum atomic E-state index is 5.47. The molecule has 0 saturated carbocycles. The van der Waals surface area contributed by atoms with E-state index in [9.17, 15) is 0 Å². The SMILES string of the molecule is CC(C)=C1C=CNc2ncccc21.CC(C)=C1CCCc2ccoc21.CC(C)=C1CCCc2ccsc21.CC(C)=C1CCCc2ocnc21.CC(C)=C1CCc2ncoc21.CC(C)=C1CCc2ncsc21.CC(C)=C1COCc2occc21. The van der Waals surface area contributed by atoms with Gasteiger partial charge in [0.2, 0.25) is 0 Å². The van der Waals surface area contributed by atoms with E-state index >= 15 is 0 Å². The Labute approximate surface area is 502 Å². The van der Waals surface area contributed by atoms with Gasteiger partial charge in [-0.05, 0) is 266 Å². The van der Waals surface area contributed by atoms with Crippen molar-refractivity contribution in [3.63, 3.8) is 0 Å². The summed E-state index contributed by atoms with van der Waals surface area (Å²) in [4.78, 5) is 19.9. The highest BCUT2D eigenvalue weighted by Gasteiger charge is 2.24. The topological polar surface area (TPSA) is 125 Å². The zero-order chi connectivity index (χ0) is 59.2. The molecule has 1 N–H and O–H groups in total. The van der Waals surface area contributed by atoms with E-state index in [1.54, 1.807) is 52.5 Å². The summed E-state index contributed by atoms with van der Waals surface area (Å²) in [7, 11) is 0. The maximum absolute atomic E-state index is 5.47. The molecule has 438 valence electrons. The van der Waals surface area contributed by atoms with Crippen molar-refractivity contribution in [2.45, 2.75) is 187 Å². The quantitative estimate of drug-likeness (QED) is 0.157. The van der Waals surface area contributed by atoms with Gasteiger partial charge < -0.3 is 27.7 Å². The third-order valence-electron chi connectivity index (χ3n) is 15.9. The number of hydrogen-bond acceptors (Lipinski definition) is 12. The zero-order valence-corrected chi connectivity index (χ0v) is 53.5. The van der Waals surface area contributed by atoms with Gasteiger partial charge in [-0.25, -0.2) is 19.9 Å². The number of pyridine rings is 1. The number of anilines is 1. The van der Waals surface area contributed by atoms with Crippen LogP contribution in [0.4, 0.5) is 5.82 Å². The van der Waals surface area contributed by atoms with Crippen LogP contribution in [-0.2, 0) is 43.4 Å². The molecule has 0 unspecified atom stereocenters. The molecule has 0 saturated heterocycles. The highest BCUT2D eigenvalue weighted by Crippen LogP contribution is 2.39. The molecular formula is C71H87N5O5S2. The fraction of sp³-hybridized carbons (Fsp3) is 0.408. The highest BCUT2D eigenvalue weighted by molar-refractivity contribution is 7.11. The number of ether oxygens (including phenoxy) is 1. The van der Waals surface area contributed by atoms with Crippen LogP contribution in [0.15, 0.2) is 142 Å². The van der Waals surface area contributed by atoms with Gasteiger partial charge in [-0.15, -0.1) is 22.7 Å². The molecule has 7 aliphatic rings. The van der Waals surface area contributed by atoms with Crippen molar-refractivity contribution < 1.29 is 22.4 Å². The number of thiophene rings is 1. The first-order valence-corrected chi connectivity index (χ1v) is 31.4. The number of nitrogens with one attached hydrogen (secondary N) is 1. The Balaban J connectivity index is 0.000000127. The van der Waals surface area contributed by atoms with E-state index in [-0.39, 0.29) is 0 Å². The normalized spacial score (nSPS) is 15.4. The van der Waals surface area contributed by atoms with Crippen LogP contribution in [0.2, 0.25) is 0 Å². The molecule has 0 spiro atoms. The third kappa shape index (κ3) is 15.7. The van der Waals surface area contributed by atoms with Crippen molar-refractivity contribution in [3.8, 4) is 0 Å². The number of thiazole rings is 1. The lowest BCUT2D eigenvalue weighted by Gasteiger charge is -2.16. The van der Waals surface area contributed by atoms with E-state index in [1.807, 2.05) is 35.2 Å². The number of allylic oxidation sites excluding steroid dienone is 14. The lowest BCUT2D eigenvalue weighted by molar-refractivity contribution is 0.127. The van der Waals surface area contributed by atoms with Crippen LogP contribution in [0.1, 0.15) is 220 Å². The van der Waals surface area contributed by atoms with Crippen molar-refractivity contribution in [1.29, 1.82) is 0 Å². The summed E-state index contributed by atoms with van der Waals surface area (Å²) in [5.41, 5.74) is 30.3. The van der Waals surface area contributed by atoms with Crippen LogP contribution in [0.25, 0.3) is 39.0 Å².